The Balaban J connectivity index is 2.63. The molecule has 0 N–H and O–H groups in total. The number of ether oxygens (including phenoxy) is 1. The molecule has 0 saturated heterocycles. The van der Waals surface area contributed by atoms with Crippen molar-refractivity contribution in [3.8, 4) is 5.75 Å². The smallest absolute Gasteiger partial charge is 0.124 e. The SMILES string of the molecule is CCCC(C)COc1cccc(Cl)c1CBr. The molecule has 0 aromatic heterocycles. The second-order valence-corrected chi connectivity index (χ2v) is 5.02. The molecule has 90 valence electrons. The average molecular weight is 306 g/mol. The maximum Gasteiger partial charge on any atom is 0.124 e. The lowest BCUT2D eigenvalue weighted by Crippen LogP contribution is -2.09. The van der Waals surface area contributed by atoms with E-state index in [0.717, 1.165) is 28.3 Å². The molecule has 0 fully saturated rings. The largest absolute Gasteiger partial charge is 0.493 e. The summed E-state index contributed by atoms with van der Waals surface area (Å²) in [6, 6.07) is 5.79. The molecule has 0 aliphatic carbocycles. The number of benzene rings is 1. The van der Waals surface area contributed by atoms with Gasteiger partial charge in [0.1, 0.15) is 5.75 Å². The predicted molar refractivity (Wildman–Crippen MR) is 73.7 cm³/mol. The van der Waals surface area contributed by atoms with E-state index in [-0.39, 0.29) is 0 Å². The van der Waals surface area contributed by atoms with Crippen LogP contribution in [-0.4, -0.2) is 6.61 Å². The Hall–Kier alpha value is -0.210. The maximum absolute atomic E-state index is 6.10. The average Bonchev–Trinajstić information content (AvgIpc) is 2.27. The Morgan fingerprint density at radius 2 is 2.19 bits per heavy atom. The predicted octanol–water partition coefficient (Wildman–Crippen LogP) is 5.05. The van der Waals surface area contributed by atoms with Gasteiger partial charge in [0, 0.05) is 15.9 Å². The summed E-state index contributed by atoms with van der Waals surface area (Å²) in [7, 11) is 0. The second-order valence-electron chi connectivity index (χ2n) is 4.06. The molecular formula is C13H18BrClO. The van der Waals surface area contributed by atoms with Crippen LogP contribution in [0, 0.1) is 5.92 Å². The number of rotatable bonds is 6. The van der Waals surface area contributed by atoms with Crippen LogP contribution >= 0.6 is 27.5 Å². The van der Waals surface area contributed by atoms with Crippen molar-refractivity contribution in [3.05, 3.63) is 28.8 Å². The molecule has 0 saturated carbocycles. The van der Waals surface area contributed by atoms with Crippen molar-refractivity contribution in [2.24, 2.45) is 5.92 Å². The fourth-order valence-electron chi connectivity index (χ4n) is 1.61. The zero-order valence-electron chi connectivity index (χ0n) is 9.80. The summed E-state index contributed by atoms with van der Waals surface area (Å²) in [5.41, 5.74) is 1.04. The van der Waals surface area contributed by atoms with Gasteiger partial charge < -0.3 is 4.74 Å². The highest BCUT2D eigenvalue weighted by atomic mass is 79.9. The summed E-state index contributed by atoms with van der Waals surface area (Å²) < 4.78 is 5.81. The van der Waals surface area contributed by atoms with Crippen molar-refractivity contribution < 1.29 is 4.74 Å². The van der Waals surface area contributed by atoms with Gasteiger partial charge in [-0.1, -0.05) is 53.9 Å². The summed E-state index contributed by atoms with van der Waals surface area (Å²) in [5, 5.41) is 1.49. The Kier molecular flexibility index (Phi) is 6.22. The molecule has 1 atom stereocenters. The van der Waals surface area contributed by atoms with E-state index in [2.05, 4.69) is 29.8 Å². The fourth-order valence-corrected chi connectivity index (χ4v) is 2.58. The minimum absolute atomic E-state index is 0.590. The van der Waals surface area contributed by atoms with E-state index in [4.69, 9.17) is 16.3 Å². The molecule has 0 bridgehead atoms. The molecule has 0 spiro atoms. The number of hydrogen-bond donors (Lipinski definition) is 0. The molecule has 0 aliphatic rings. The first-order chi connectivity index (χ1) is 7.69. The summed E-state index contributed by atoms with van der Waals surface area (Å²) in [4.78, 5) is 0. The maximum atomic E-state index is 6.10. The van der Waals surface area contributed by atoms with Gasteiger partial charge in [0.05, 0.1) is 6.61 Å². The van der Waals surface area contributed by atoms with Gasteiger partial charge in [-0.25, -0.2) is 0 Å². The molecule has 0 aliphatic heterocycles. The van der Waals surface area contributed by atoms with E-state index >= 15 is 0 Å². The first-order valence-corrected chi connectivity index (χ1v) is 7.15. The molecule has 0 amide bonds. The van der Waals surface area contributed by atoms with Crippen molar-refractivity contribution >= 4 is 27.5 Å². The van der Waals surface area contributed by atoms with Gasteiger partial charge in [0.2, 0.25) is 0 Å². The van der Waals surface area contributed by atoms with Crippen LogP contribution in [0.1, 0.15) is 32.3 Å². The van der Waals surface area contributed by atoms with Gasteiger partial charge in [-0.3, -0.25) is 0 Å². The molecule has 0 heterocycles. The van der Waals surface area contributed by atoms with Crippen LogP contribution in [0.25, 0.3) is 0 Å². The molecule has 3 heteroatoms. The monoisotopic (exact) mass is 304 g/mol. The van der Waals surface area contributed by atoms with Gasteiger partial charge in [-0.05, 0) is 24.5 Å². The van der Waals surface area contributed by atoms with Gasteiger partial charge in [0.15, 0.2) is 0 Å². The molecule has 0 radical (unpaired) electrons. The van der Waals surface area contributed by atoms with Crippen molar-refractivity contribution in [2.45, 2.75) is 32.0 Å². The topological polar surface area (TPSA) is 9.23 Å². The lowest BCUT2D eigenvalue weighted by Gasteiger charge is -2.15. The number of halogens is 2. The Bertz CT molecular complexity index is 328. The zero-order chi connectivity index (χ0) is 12.0. The first-order valence-electron chi connectivity index (χ1n) is 5.65. The van der Waals surface area contributed by atoms with E-state index in [1.165, 1.54) is 12.8 Å². The van der Waals surface area contributed by atoms with Gasteiger partial charge in [0.25, 0.3) is 0 Å². The molecule has 16 heavy (non-hydrogen) atoms. The van der Waals surface area contributed by atoms with Crippen LogP contribution in [0.3, 0.4) is 0 Å². The van der Waals surface area contributed by atoms with E-state index < -0.39 is 0 Å². The van der Waals surface area contributed by atoms with Gasteiger partial charge >= 0.3 is 0 Å². The zero-order valence-corrected chi connectivity index (χ0v) is 12.1. The van der Waals surface area contributed by atoms with Crippen molar-refractivity contribution in [2.75, 3.05) is 6.61 Å². The third kappa shape index (κ3) is 3.99. The Labute approximate surface area is 111 Å². The van der Waals surface area contributed by atoms with Crippen LogP contribution in [0.4, 0.5) is 0 Å². The van der Waals surface area contributed by atoms with Crippen LogP contribution in [-0.2, 0) is 5.33 Å². The van der Waals surface area contributed by atoms with Gasteiger partial charge in [-0.2, -0.15) is 0 Å². The van der Waals surface area contributed by atoms with Crippen LogP contribution in [0.15, 0.2) is 18.2 Å². The van der Waals surface area contributed by atoms with E-state index in [1.54, 1.807) is 0 Å². The quantitative estimate of drug-likeness (QED) is 0.668. The second kappa shape index (κ2) is 7.18. The molecular weight excluding hydrogens is 287 g/mol. The number of alkyl halides is 1. The Morgan fingerprint density at radius 1 is 1.44 bits per heavy atom. The van der Waals surface area contributed by atoms with E-state index in [9.17, 15) is 0 Å². The van der Waals surface area contributed by atoms with Crippen LogP contribution in [0.2, 0.25) is 5.02 Å². The molecule has 1 rings (SSSR count). The lowest BCUT2D eigenvalue weighted by molar-refractivity contribution is 0.250. The first kappa shape index (κ1) is 13.9. The molecule has 1 unspecified atom stereocenters. The highest BCUT2D eigenvalue weighted by Crippen LogP contribution is 2.28. The van der Waals surface area contributed by atoms with E-state index in [0.29, 0.717) is 5.92 Å². The third-order valence-electron chi connectivity index (χ3n) is 2.51. The summed E-state index contributed by atoms with van der Waals surface area (Å²) in [5.74, 6) is 1.49. The lowest BCUT2D eigenvalue weighted by atomic mass is 10.1. The van der Waals surface area contributed by atoms with E-state index in [1.807, 2.05) is 18.2 Å². The number of hydrogen-bond acceptors (Lipinski definition) is 1. The van der Waals surface area contributed by atoms with Crippen molar-refractivity contribution in [3.63, 3.8) is 0 Å². The fraction of sp³-hybridized carbons (Fsp3) is 0.538. The minimum atomic E-state index is 0.590. The minimum Gasteiger partial charge on any atom is -0.493 e. The van der Waals surface area contributed by atoms with Gasteiger partial charge in [-0.15, -0.1) is 0 Å². The van der Waals surface area contributed by atoms with Crippen LogP contribution in [0.5, 0.6) is 5.75 Å². The van der Waals surface area contributed by atoms with Crippen molar-refractivity contribution in [1.82, 2.24) is 0 Å². The summed E-state index contributed by atoms with van der Waals surface area (Å²) >= 11 is 9.53. The summed E-state index contributed by atoms with van der Waals surface area (Å²) in [6.45, 7) is 5.16. The standard InChI is InChI=1S/C13H18BrClO/c1-3-5-10(2)9-16-13-7-4-6-12(15)11(13)8-14/h4,6-7,10H,3,5,8-9H2,1-2H3. The third-order valence-corrected chi connectivity index (χ3v) is 3.43. The molecule has 1 nitrogen and oxygen atoms in total. The molecule has 1 aromatic rings. The highest BCUT2D eigenvalue weighted by molar-refractivity contribution is 9.08. The van der Waals surface area contributed by atoms with Crippen molar-refractivity contribution in [1.29, 1.82) is 0 Å². The molecule has 1 aromatic carbocycles. The highest BCUT2D eigenvalue weighted by Gasteiger charge is 2.08. The summed E-state index contributed by atoms with van der Waals surface area (Å²) in [6.07, 6.45) is 2.40. The Morgan fingerprint density at radius 3 is 2.81 bits per heavy atom. The van der Waals surface area contributed by atoms with Crippen LogP contribution < -0.4 is 4.74 Å². The normalized spacial score (nSPS) is 12.5.